The highest BCUT2D eigenvalue weighted by Crippen LogP contribution is 2.25. The summed E-state index contributed by atoms with van der Waals surface area (Å²) in [6, 6.07) is 12.8. The number of rotatable bonds is 6. The van der Waals surface area contributed by atoms with Gasteiger partial charge in [0.2, 0.25) is 5.91 Å². The SMILES string of the molecule is CCOc1ccc(N2C(=O)CC(NNC(=O)c3ccccc3Br)C2=O)cc1. The molecule has 2 aromatic carbocycles. The average molecular weight is 432 g/mol. The van der Waals surface area contributed by atoms with E-state index in [0.29, 0.717) is 28.1 Å². The van der Waals surface area contributed by atoms with Gasteiger partial charge in [0.05, 0.1) is 24.3 Å². The molecule has 1 aliphatic heterocycles. The number of carbonyl (C=O) groups excluding carboxylic acids is 3. The Morgan fingerprint density at radius 3 is 2.56 bits per heavy atom. The van der Waals surface area contributed by atoms with Crippen LogP contribution in [0.1, 0.15) is 23.7 Å². The Kier molecular flexibility index (Phi) is 5.88. The van der Waals surface area contributed by atoms with Gasteiger partial charge >= 0.3 is 0 Å². The highest BCUT2D eigenvalue weighted by Gasteiger charge is 2.39. The zero-order valence-corrected chi connectivity index (χ0v) is 16.2. The maximum Gasteiger partial charge on any atom is 0.266 e. The molecule has 1 atom stereocenters. The minimum Gasteiger partial charge on any atom is -0.494 e. The second kappa shape index (κ2) is 8.32. The second-order valence-electron chi connectivity index (χ2n) is 5.83. The van der Waals surface area contributed by atoms with Gasteiger partial charge in [0.25, 0.3) is 11.8 Å². The number of hydrazine groups is 1. The second-order valence-corrected chi connectivity index (χ2v) is 6.68. The van der Waals surface area contributed by atoms with Crippen molar-refractivity contribution < 1.29 is 19.1 Å². The van der Waals surface area contributed by atoms with Gasteiger partial charge in [-0.1, -0.05) is 12.1 Å². The predicted octanol–water partition coefficient (Wildman–Crippen LogP) is 2.41. The van der Waals surface area contributed by atoms with Gasteiger partial charge in [-0.05, 0) is 59.3 Å². The fourth-order valence-electron chi connectivity index (χ4n) is 2.74. The molecule has 0 saturated carbocycles. The van der Waals surface area contributed by atoms with Crippen molar-refractivity contribution in [2.45, 2.75) is 19.4 Å². The molecule has 3 rings (SSSR count). The van der Waals surface area contributed by atoms with E-state index in [9.17, 15) is 14.4 Å². The summed E-state index contributed by atoms with van der Waals surface area (Å²) in [5, 5.41) is 0. The maximum atomic E-state index is 12.6. The van der Waals surface area contributed by atoms with Crippen LogP contribution in [0.4, 0.5) is 5.69 Å². The Morgan fingerprint density at radius 2 is 1.89 bits per heavy atom. The highest BCUT2D eigenvalue weighted by atomic mass is 79.9. The summed E-state index contributed by atoms with van der Waals surface area (Å²) in [6.45, 7) is 2.41. The van der Waals surface area contributed by atoms with Crippen molar-refractivity contribution in [2.75, 3.05) is 11.5 Å². The normalized spacial score (nSPS) is 16.5. The maximum absolute atomic E-state index is 12.6. The van der Waals surface area contributed by atoms with Crippen LogP contribution < -0.4 is 20.5 Å². The van der Waals surface area contributed by atoms with Crippen LogP contribution in [-0.4, -0.2) is 30.4 Å². The number of halogens is 1. The molecule has 1 fully saturated rings. The minimum atomic E-state index is -0.824. The summed E-state index contributed by atoms with van der Waals surface area (Å²) >= 11 is 3.30. The standard InChI is InChI=1S/C19H18BrN3O4/c1-2-27-13-9-7-12(8-10-13)23-17(24)11-16(19(23)26)21-22-18(25)14-5-3-4-6-15(14)20/h3-10,16,21H,2,11H2,1H3,(H,22,25). The molecule has 0 aliphatic carbocycles. The Hall–Kier alpha value is -2.71. The lowest BCUT2D eigenvalue weighted by atomic mass is 10.2. The fourth-order valence-corrected chi connectivity index (χ4v) is 3.20. The van der Waals surface area contributed by atoms with Crippen molar-refractivity contribution in [3.05, 3.63) is 58.6 Å². The number of benzene rings is 2. The van der Waals surface area contributed by atoms with Gasteiger partial charge < -0.3 is 4.74 Å². The molecule has 1 unspecified atom stereocenters. The van der Waals surface area contributed by atoms with Gasteiger partial charge in [0, 0.05) is 4.47 Å². The first kappa shape index (κ1) is 19.1. The van der Waals surface area contributed by atoms with Crippen molar-refractivity contribution in [1.82, 2.24) is 10.9 Å². The van der Waals surface area contributed by atoms with E-state index in [1.54, 1.807) is 48.5 Å². The van der Waals surface area contributed by atoms with Crippen LogP contribution in [0.15, 0.2) is 53.0 Å². The van der Waals surface area contributed by atoms with Gasteiger partial charge in [-0.15, -0.1) is 0 Å². The lowest BCUT2D eigenvalue weighted by molar-refractivity contribution is -0.121. The lowest BCUT2D eigenvalue weighted by Crippen LogP contribution is -2.48. The van der Waals surface area contributed by atoms with E-state index in [1.807, 2.05) is 6.92 Å². The molecule has 0 spiro atoms. The van der Waals surface area contributed by atoms with Crippen LogP contribution in [0.3, 0.4) is 0 Å². The number of nitrogens with one attached hydrogen (secondary N) is 2. The third kappa shape index (κ3) is 4.17. The molecule has 1 heterocycles. The average Bonchev–Trinajstić information content (AvgIpc) is 2.95. The van der Waals surface area contributed by atoms with E-state index < -0.39 is 17.9 Å². The van der Waals surface area contributed by atoms with E-state index in [-0.39, 0.29) is 12.3 Å². The number of amides is 3. The van der Waals surface area contributed by atoms with E-state index in [2.05, 4.69) is 26.8 Å². The number of hydrogen-bond donors (Lipinski definition) is 2. The van der Waals surface area contributed by atoms with Crippen molar-refractivity contribution in [3.8, 4) is 5.75 Å². The highest BCUT2D eigenvalue weighted by molar-refractivity contribution is 9.10. The van der Waals surface area contributed by atoms with Crippen LogP contribution in [0.25, 0.3) is 0 Å². The van der Waals surface area contributed by atoms with Crippen molar-refractivity contribution in [2.24, 2.45) is 0 Å². The molecule has 2 N–H and O–H groups in total. The molecule has 3 amide bonds. The molecule has 2 aromatic rings. The monoisotopic (exact) mass is 431 g/mol. The number of nitrogens with zero attached hydrogens (tertiary/aromatic N) is 1. The van der Waals surface area contributed by atoms with Gasteiger partial charge in [0.1, 0.15) is 11.8 Å². The Bertz CT molecular complexity index is 870. The molecule has 1 saturated heterocycles. The Balaban J connectivity index is 1.65. The summed E-state index contributed by atoms with van der Waals surface area (Å²) in [6.07, 6.45) is -0.0394. The number of anilines is 1. The van der Waals surface area contributed by atoms with Crippen LogP contribution in [0, 0.1) is 0 Å². The number of ether oxygens (including phenoxy) is 1. The molecule has 0 aromatic heterocycles. The largest absolute Gasteiger partial charge is 0.494 e. The molecule has 7 nitrogen and oxygen atoms in total. The molecule has 0 radical (unpaired) electrons. The van der Waals surface area contributed by atoms with Gasteiger partial charge in [-0.25, -0.2) is 10.3 Å². The van der Waals surface area contributed by atoms with Crippen molar-refractivity contribution in [3.63, 3.8) is 0 Å². The third-order valence-electron chi connectivity index (χ3n) is 4.03. The summed E-state index contributed by atoms with van der Waals surface area (Å²) in [5.74, 6) is -0.494. The third-order valence-corrected chi connectivity index (χ3v) is 4.72. The van der Waals surface area contributed by atoms with Crippen molar-refractivity contribution in [1.29, 1.82) is 0 Å². The first-order valence-electron chi connectivity index (χ1n) is 8.41. The predicted molar refractivity (Wildman–Crippen MR) is 103 cm³/mol. The van der Waals surface area contributed by atoms with Crippen molar-refractivity contribution >= 4 is 39.3 Å². The fraction of sp³-hybridized carbons (Fsp3) is 0.211. The Morgan fingerprint density at radius 1 is 1.19 bits per heavy atom. The smallest absolute Gasteiger partial charge is 0.266 e. The van der Waals surface area contributed by atoms with E-state index in [4.69, 9.17) is 4.74 Å². The van der Waals surface area contributed by atoms with E-state index in [1.165, 1.54) is 0 Å². The number of hydrogen-bond acceptors (Lipinski definition) is 5. The minimum absolute atomic E-state index is 0.0394. The summed E-state index contributed by atoms with van der Waals surface area (Å²) in [5.41, 5.74) is 6.04. The molecule has 8 heteroatoms. The van der Waals surface area contributed by atoms with Gasteiger partial charge in [0.15, 0.2) is 0 Å². The molecule has 1 aliphatic rings. The molecular weight excluding hydrogens is 414 g/mol. The zero-order valence-electron chi connectivity index (χ0n) is 14.6. The van der Waals surface area contributed by atoms with Crippen LogP contribution in [0.5, 0.6) is 5.75 Å². The zero-order chi connectivity index (χ0) is 19.4. The summed E-state index contributed by atoms with van der Waals surface area (Å²) in [7, 11) is 0. The molecular formula is C19H18BrN3O4. The number of carbonyl (C=O) groups is 3. The van der Waals surface area contributed by atoms with Crippen LogP contribution in [-0.2, 0) is 9.59 Å². The molecule has 0 bridgehead atoms. The van der Waals surface area contributed by atoms with Gasteiger partial charge in [-0.3, -0.25) is 19.8 Å². The van der Waals surface area contributed by atoms with Crippen LogP contribution in [0.2, 0.25) is 0 Å². The van der Waals surface area contributed by atoms with E-state index >= 15 is 0 Å². The number of imide groups is 1. The van der Waals surface area contributed by atoms with Gasteiger partial charge in [-0.2, -0.15) is 0 Å². The van der Waals surface area contributed by atoms with Crippen LogP contribution >= 0.6 is 15.9 Å². The molecule has 27 heavy (non-hydrogen) atoms. The summed E-state index contributed by atoms with van der Waals surface area (Å²) < 4.78 is 6.00. The first-order valence-corrected chi connectivity index (χ1v) is 9.20. The summed E-state index contributed by atoms with van der Waals surface area (Å²) in [4.78, 5) is 38.2. The Labute approximate surface area is 164 Å². The van der Waals surface area contributed by atoms with E-state index in [0.717, 1.165) is 4.90 Å². The molecule has 140 valence electrons. The topological polar surface area (TPSA) is 87.7 Å². The first-order chi connectivity index (χ1) is 13.0. The lowest BCUT2D eigenvalue weighted by Gasteiger charge is -2.16. The quantitative estimate of drug-likeness (QED) is 0.541.